The highest BCUT2D eigenvalue weighted by Crippen LogP contribution is 2.31. The van der Waals surface area contributed by atoms with Crippen molar-refractivity contribution < 1.29 is 4.42 Å². The summed E-state index contributed by atoms with van der Waals surface area (Å²) < 4.78 is 7.58. The Morgan fingerprint density at radius 1 is 1.21 bits per heavy atom. The van der Waals surface area contributed by atoms with Crippen LogP contribution in [0.2, 0.25) is 0 Å². The predicted octanol–water partition coefficient (Wildman–Crippen LogP) is 5.20. The Hall–Kier alpha value is -0.580. The Morgan fingerprint density at radius 2 is 2.00 bits per heavy atom. The zero-order valence-electron chi connectivity index (χ0n) is 11.0. The van der Waals surface area contributed by atoms with Crippen LogP contribution in [0.4, 0.5) is 0 Å². The third-order valence-electron chi connectivity index (χ3n) is 2.94. The molecule has 1 atom stereocenters. The van der Waals surface area contributed by atoms with E-state index in [0.29, 0.717) is 0 Å². The highest BCUT2D eigenvalue weighted by atomic mass is 79.9. The van der Waals surface area contributed by atoms with Gasteiger partial charge in [0.05, 0.1) is 6.04 Å². The lowest BCUT2D eigenvalue weighted by Crippen LogP contribution is -2.23. The fraction of sp³-hybridized carbons (Fsp3) is 0.333. The Bertz CT molecular complexity index is 551. The quantitative estimate of drug-likeness (QED) is 0.763. The third kappa shape index (κ3) is 3.71. The van der Waals surface area contributed by atoms with Crippen molar-refractivity contribution in [1.29, 1.82) is 0 Å². The molecule has 0 fully saturated rings. The van der Waals surface area contributed by atoms with Crippen LogP contribution in [-0.4, -0.2) is 6.54 Å². The molecule has 2 aromatic rings. The number of halogens is 2. The number of benzene rings is 1. The summed E-state index contributed by atoms with van der Waals surface area (Å²) in [5.74, 6) is 0.923. The zero-order chi connectivity index (χ0) is 13.8. The van der Waals surface area contributed by atoms with Crippen molar-refractivity contribution in [2.75, 3.05) is 6.54 Å². The summed E-state index contributed by atoms with van der Waals surface area (Å²) in [5, 5.41) is 3.54. The van der Waals surface area contributed by atoms with E-state index in [-0.39, 0.29) is 6.04 Å². The maximum Gasteiger partial charge on any atom is 0.169 e. The van der Waals surface area contributed by atoms with Gasteiger partial charge in [-0.2, -0.15) is 0 Å². The maximum absolute atomic E-state index is 5.73. The average molecular weight is 387 g/mol. The van der Waals surface area contributed by atoms with E-state index in [0.717, 1.165) is 27.9 Å². The Labute approximate surface area is 130 Å². The molecule has 4 heteroatoms. The van der Waals surface area contributed by atoms with E-state index in [1.807, 2.05) is 12.1 Å². The summed E-state index contributed by atoms with van der Waals surface area (Å²) in [6.07, 6.45) is 1.09. The second-order valence-electron chi connectivity index (χ2n) is 4.55. The minimum Gasteiger partial charge on any atom is -0.452 e. The van der Waals surface area contributed by atoms with Crippen LogP contribution in [0.3, 0.4) is 0 Å². The number of rotatable bonds is 5. The van der Waals surface area contributed by atoms with Crippen molar-refractivity contribution in [3.63, 3.8) is 0 Å². The van der Waals surface area contributed by atoms with E-state index in [2.05, 4.69) is 69.2 Å². The van der Waals surface area contributed by atoms with Crippen LogP contribution in [0, 0.1) is 6.92 Å². The number of hydrogen-bond donors (Lipinski definition) is 1. The number of hydrogen-bond acceptors (Lipinski definition) is 2. The van der Waals surface area contributed by atoms with Crippen molar-refractivity contribution in [2.24, 2.45) is 0 Å². The molecule has 2 nitrogen and oxygen atoms in total. The van der Waals surface area contributed by atoms with Gasteiger partial charge < -0.3 is 9.73 Å². The minimum absolute atomic E-state index is 0.0699. The van der Waals surface area contributed by atoms with Crippen LogP contribution < -0.4 is 5.32 Å². The van der Waals surface area contributed by atoms with E-state index >= 15 is 0 Å². The molecule has 1 unspecified atom stereocenters. The van der Waals surface area contributed by atoms with Gasteiger partial charge in [0.25, 0.3) is 0 Å². The van der Waals surface area contributed by atoms with Gasteiger partial charge in [-0.25, -0.2) is 0 Å². The summed E-state index contributed by atoms with van der Waals surface area (Å²) in [4.78, 5) is 0. The van der Waals surface area contributed by atoms with E-state index in [1.165, 1.54) is 11.1 Å². The smallest absolute Gasteiger partial charge is 0.169 e. The first kappa shape index (κ1) is 14.8. The monoisotopic (exact) mass is 385 g/mol. The molecule has 19 heavy (non-hydrogen) atoms. The van der Waals surface area contributed by atoms with E-state index in [9.17, 15) is 0 Å². The molecule has 0 saturated heterocycles. The molecule has 1 aromatic carbocycles. The Balaban J connectivity index is 2.39. The molecule has 0 bridgehead atoms. The Morgan fingerprint density at radius 3 is 2.63 bits per heavy atom. The summed E-state index contributed by atoms with van der Waals surface area (Å²) in [6, 6.07) is 10.4. The lowest BCUT2D eigenvalue weighted by Gasteiger charge is -2.18. The molecule has 0 spiro atoms. The normalized spacial score (nSPS) is 12.6. The summed E-state index contributed by atoms with van der Waals surface area (Å²) in [7, 11) is 0. The second kappa shape index (κ2) is 6.73. The lowest BCUT2D eigenvalue weighted by atomic mass is 10.0. The molecule has 2 rings (SSSR count). The van der Waals surface area contributed by atoms with E-state index < -0.39 is 0 Å². The fourth-order valence-electron chi connectivity index (χ4n) is 2.02. The molecule has 0 aliphatic carbocycles. The molecular weight excluding hydrogens is 370 g/mol. The number of furan rings is 1. The molecule has 0 amide bonds. The SMILES string of the molecule is CCCNC(c1ccc(Br)o1)c1cc(C)ccc1Br. The maximum atomic E-state index is 5.73. The summed E-state index contributed by atoms with van der Waals surface area (Å²) in [6.45, 7) is 5.21. The first-order valence-electron chi connectivity index (χ1n) is 6.36. The molecule has 0 radical (unpaired) electrons. The molecule has 1 aromatic heterocycles. The predicted molar refractivity (Wildman–Crippen MR) is 85.4 cm³/mol. The van der Waals surface area contributed by atoms with Crippen LogP contribution in [0.1, 0.15) is 36.3 Å². The highest BCUT2D eigenvalue weighted by molar-refractivity contribution is 9.10. The topological polar surface area (TPSA) is 25.2 Å². The molecule has 102 valence electrons. The molecule has 0 saturated carbocycles. The lowest BCUT2D eigenvalue weighted by molar-refractivity contribution is 0.432. The van der Waals surface area contributed by atoms with Gasteiger partial charge in [0.15, 0.2) is 4.67 Å². The van der Waals surface area contributed by atoms with E-state index in [1.54, 1.807) is 0 Å². The number of nitrogens with one attached hydrogen (secondary N) is 1. The van der Waals surface area contributed by atoms with Gasteiger partial charge in [-0.15, -0.1) is 0 Å². The third-order valence-corrected chi connectivity index (χ3v) is 4.09. The van der Waals surface area contributed by atoms with E-state index in [4.69, 9.17) is 4.42 Å². The van der Waals surface area contributed by atoms with Gasteiger partial charge in [-0.1, -0.05) is 40.5 Å². The van der Waals surface area contributed by atoms with Crippen molar-refractivity contribution in [3.8, 4) is 0 Å². The van der Waals surface area contributed by atoms with Gasteiger partial charge >= 0.3 is 0 Å². The van der Waals surface area contributed by atoms with Crippen molar-refractivity contribution >= 4 is 31.9 Å². The average Bonchev–Trinajstić information content (AvgIpc) is 2.80. The van der Waals surface area contributed by atoms with Gasteiger partial charge in [0, 0.05) is 4.47 Å². The molecular formula is C15H17Br2NO. The molecule has 0 aliphatic heterocycles. The standard InChI is InChI=1S/C15H17Br2NO/c1-3-8-18-15(13-6-7-14(17)19-13)11-9-10(2)4-5-12(11)16/h4-7,9,15,18H,3,8H2,1-2H3. The first-order valence-corrected chi connectivity index (χ1v) is 7.95. The largest absolute Gasteiger partial charge is 0.452 e. The first-order chi connectivity index (χ1) is 9.11. The molecule has 1 N–H and O–H groups in total. The van der Waals surface area contributed by atoms with Crippen molar-refractivity contribution in [2.45, 2.75) is 26.3 Å². The van der Waals surface area contributed by atoms with Gasteiger partial charge in [0.2, 0.25) is 0 Å². The van der Waals surface area contributed by atoms with Crippen molar-refractivity contribution in [1.82, 2.24) is 5.32 Å². The molecule has 0 aliphatic rings. The van der Waals surface area contributed by atoms with Gasteiger partial charge in [-0.3, -0.25) is 0 Å². The zero-order valence-corrected chi connectivity index (χ0v) is 14.2. The molecule has 1 heterocycles. The fourth-order valence-corrected chi connectivity index (χ4v) is 2.81. The summed E-state index contributed by atoms with van der Waals surface area (Å²) >= 11 is 7.00. The van der Waals surface area contributed by atoms with Crippen LogP contribution in [-0.2, 0) is 0 Å². The second-order valence-corrected chi connectivity index (χ2v) is 6.19. The van der Waals surface area contributed by atoms with Crippen LogP contribution in [0.5, 0.6) is 0 Å². The van der Waals surface area contributed by atoms with Crippen molar-refractivity contribution in [3.05, 3.63) is 56.4 Å². The Kier molecular flexibility index (Phi) is 5.25. The van der Waals surface area contributed by atoms with Gasteiger partial charge in [0.1, 0.15) is 5.76 Å². The van der Waals surface area contributed by atoms with Crippen LogP contribution in [0.25, 0.3) is 0 Å². The van der Waals surface area contributed by atoms with Gasteiger partial charge in [-0.05, 0) is 59.6 Å². The van der Waals surface area contributed by atoms with Crippen LogP contribution in [0.15, 0.2) is 43.9 Å². The number of aryl methyl sites for hydroxylation is 1. The van der Waals surface area contributed by atoms with Crippen LogP contribution >= 0.6 is 31.9 Å². The minimum atomic E-state index is 0.0699. The highest BCUT2D eigenvalue weighted by Gasteiger charge is 2.19. The summed E-state index contributed by atoms with van der Waals surface area (Å²) in [5.41, 5.74) is 2.45.